The first-order valence-corrected chi connectivity index (χ1v) is 6.80. The Balaban J connectivity index is 2.47. The molecule has 1 fully saturated rings. The molecule has 1 aromatic carbocycles. The van der Waals surface area contributed by atoms with Crippen LogP contribution < -0.4 is 10.1 Å². The average molecular weight is 287 g/mol. The Bertz CT molecular complexity index is 485. The van der Waals surface area contributed by atoms with Crippen LogP contribution in [0.15, 0.2) is 12.1 Å². The summed E-state index contributed by atoms with van der Waals surface area (Å²) in [5.74, 6) is -0.817. The molecular formula is C15H20F3NO. The van der Waals surface area contributed by atoms with Crippen molar-refractivity contribution in [2.24, 2.45) is 5.92 Å². The fourth-order valence-corrected chi connectivity index (χ4v) is 3.05. The molecule has 1 heterocycles. The number of rotatable bonds is 2. The molecule has 1 aromatic rings. The third-order valence-corrected chi connectivity index (χ3v) is 3.90. The molecule has 1 aliphatic rings. The molecule has 0 aliphatic carbocycles. The summed E-state index contributed by atoms with van der Waals surface area (Å²) in [6.07, 6.45) is -3.48. The van der Waals surface area contributed by atoms with Crippen molar-refractivity contribution in [1.82, 2.24) is 5.32 Å². The fourth-order valence-electron chi connectivity index (χ4n) is 3.05. The lowest BCUT2D eigenvalue weighted by molar-refractivity contribution is -0.189. The smallest absolute Gasteiger partial charge is 0.393 e. The van der Waals surface area contributed by atoms with E-state index in [4.69, 9.17) is 4.74 Å². The molecule has 1 N–H and O–H groups in total. The van der Waals surface area contributed by atoms with E-state index in [-0.39, 0.29) is 6.42 Å². The van der Waals surface area contributed by atoms with Gasteiger partial charge in [-0.3, -0.25) is 0 Å². The summed E-state index contributed by atoms with van der Waals surface area (Å²) in [5, 5.41) is 3.03. The van der Waals surface area contributed by atoms with E-state index in [1.807, 2.05) is 19.9 Å². The predicted molar refractivity (Wildman–Crippen MR) is 72.0 cm³/mol. The number of ether oxygens (including phenoxy) is 1. The van der Waals surface area contributed by atoms with Crippen molar-refractivity contribution < 1.29 is 17.9 Å². The number of hydrogen-bond acceptors (Lipinski definition) is 2. The van der Waals surface area contributed by atoms with Crippen molar-refractivity contribution in [1.29, 1.82) is 0 Å². The molecule has 2 rings (SSSR count). The molecule has 2 nitrogen and oxygen atoms in total. The normalized spacial score (nSPS) is 23.7. The number of methoxy groups -OCH3 is 1. The molecule has 0 aromatic heterocycles. The van der Waals surface area contributed by atoms with Crippen LogP contribution in [0.25, 0.3) is 0 Å². The summed E-state index contributed by atoms with van der Waals surface area (Å²) >= 11 is 0. The van der Waals surface area contributed by atoms with Gasteiger partial charge in [0.25, 0.3) is 0 Å². The van der Waals surface area contributed by atoms with E-state index in [0.717, 1.165) is 11.1 Å². The van der Waals surface area contributed by atoms with Gasteiger partial charge in [-0.05, 0) is 50.4 Å². The summed E-state index contributed by atoms with van der Waals surface area (Å²) in [7, 11) is 1.50. The largest absolute Gasteiger partial charge is 0.496 e. The van der Waals surface area contributed by atoms with Gasteiger partial charge in [-0.15, -0.1) is 0 Å². The molecule has 20 heavy (non-hydrogen) atoms. The Morgan fingerprint density at radius 3 is 2.55 bits per heavy atom. The average Bonchev–Trinajstić information content (AvgIpc) is 2.36. The number of piperidine rings is 1. The highest BCUT2D eigenvalue weighted by atomic mass is 19.4. The number of alkyl halides is 3. The Kier molecular flexibility index (Phi) is 4.28. The van der Waals surface area contributed by atoms with E-state index in [2.05, 4.69) is 5.32 Å². The van der Waals surface area contributed by atoms with E-state index in [9.17, 15) is 13.2 Å². The number of hydrogen-bond donors (Lipinski definition) is 1. The lowest BCUT2D eigenvalue weighted by Gasteiger charge is -2.35. The van der Waals surface area contributed by atoms with Gasteiger partial charge in [0.2, 0.25) is 0 Å². The topological polar surface area (TPSA) is 21.3 Å². The molecule has 0 radical (unpaired) electrons. The monoisotopic (exact) mass is 287 g/mol. The zero-order valence-corrected chi connectivity index (χ0v) is 12.0. The van der Waals surface area contributed by atoms with Gasteiger partial charge in [-0.25, -0.2) is 0 Å². The summed E-state index contributed by atoms with van der Waals surface area (Å²) in [5.41, 5.74) is 2.47. The summed E-state index contributed by atoms with van der Waals surface area (Å²) in [6, 6.07) is 2.98. The Morgan fingerprint density at radius 1 is 1.25 bits per heavy atom. The maximum atomic E-state index is 13.2. The quantitative estimate of drug-likeness (QED) is 0.890. The van der Waals surface area contributed by atoms with Crippen LogP contribution in [0.5, 0.6) is 5.75 Å². The molecule has 0 bridgehead atoms. The lowest BCUT2D eigenvalue weighted by Crippen LogP contribution is -2.42. The lowest BCUT2D eigenvalue weighted by atomic mass is 9.83. The molecule has 1 saturated heterocycles. The highest BCUT2D eigenvalue weighted by Gasteiger charge is 2.47. The minimum absolute atomic E-state index is 0.164. The highest BCUT2D eigenvalue weighted by molar-refractivity contribution is 5.45. The van der Waals surface area contributed by atoms with Gasteiger partial charge in [0, 0.05) is 11.6 Å². The van der Waals surface area contributed by atoms with Crippen molar-refractivity contribution in [3.05, 3.63) is 28.8 Å². The summed E-state index contributed by atoms with van der Waals surface area (Å²) in [6.45, 7) is 4.36. The van der Waals surface area contributed by atoms with E-state index in [1.54, 1.807) is 6.07 Å². The third-order valence-electron chi connectivity index (χ3n) is 3.90. The van der Waals surface area contributed by atoms with Gasteiger partial charge in [0.05, 0.1) is 13.0 Å². The second kappa shape index (κ2) is 5.64. The van der Waals surface area contributed by atoms with E-state index in [1.165, 1.54) is 7.11 Å². The first-order valence-electron chi connectivity index (χ1n) is 6.80. The third kappa shape index (κ3) is 2.92. The zero-order chi connectivity index (χ0) is 14.9. The van der Waals surface area contributed by atoms with Crippen LogP contribution in [0.4, 0.5) is 13.2 Å². The Labute approximate surface area is 117 Å². The van der Waals surface area contributed by atoms with E-state index in [0.29, 0.717) is 24.3 Å². The first kappa shape index (κ1) is 15.2. The summed E-state index contributed by atoms with van der Waals surface area (Å²) in [4.78, 5) is 0. The van der Waals surface area contributed by atoms with Crippen molar-refractivity contribution in [3.63, 3.8) is 0 Å². The van der Waals surface area contributed by atoms with Gasteiger partial charge < -0.3 is 10.1 Å². The molecule has 5 heteroatoms. The van der Waals surface area contributed by atoms with Crippen LogP contribution in [0.1, 0.15) is 35.6 Å². The van der Waals surface area contributed by atoms with Gasteiger partial charge in [0.1, 0.15) is 5.75 Å². The fraction of sp³-hybridized carbons (Fsp3) is 0.600. The van der Waals surface area contributed by atoms with Crippen LogP contribution in [0, 0.1) is 19.8 Å². The molecular weight excluding hydrogens is 267 g/mol. The standard InChI is InChI=1S/C15H20F3NO/c1-9-7-10(2)13(12(8-9)20-3)14-11(15(16,17)18)5-4-6-19-14/h7-8,11,14,19H,4-6H2,1-3H3. The van der Waals surface area contributed by atoms with Gasteiger partial charge in [-0.1, -0.05) is 6.07 Å². The number of halogens is 3. The van der Waals surface area contributed by atoms with Gasteiger partial charge in [-0.2, -0.15) is 13.2 Å². The second-order valence-electron chi connectivity index (χ2n) is 5.42. The zero-order valence-electron chi connectivity index (χ0n) is 12.0. The van der Waals surface area contributed by atoms with Crippen LogP contribution in [-0.4, -0.2) is 19.8 Å². The van der Waals surface area contributed by atoms with E-state index < -0.39 is 18.1 Å². The molecule has 0 amide bonds. The summed E-state index contributed by atoms with van der Waals surface area (Å²) < 4.78 is 45.0. The van der Waals surface area contributed by atoms with Crippen LogP contribution in [-0.2, 0) is 0 Å². The number of nitrogens with one attached hydrogen (secondary N) is 1. The first-order chi connectivity index (χ1) is 9.34. The van der Waals surface area contributed by atoms with E-state index >= 15 is 0 Å². The number of benzene rings is 1. The van der Waals surface area contributed by atoms with Crippen LogP contribution in [0.3, 0.4) is 0 Å². The molecule has 112 valence electrons. The Morgan fingerprint density at radius 2 is 1.95 bits per heavy atom. The SMILES string of the molecule is COc1cc(C)cc(C)c1C1NCCCC1C(F)(F)F. The van der Waals surface area contributed by atoms with Gasteiger partial charge in [0.15, 0.2) is 0 Å². The molecule has 2 unspecified atom stereocenters. The Hall–Kier alpha value is -1.23. The van der Waals surface area contributed by atoms with Crippen LogP contribution >= 0.6 is 0 Å². The van der Waals surface area contributed by atoms with Crippen molar-refractivity contribution in [3.8, 4) is 5.75 Å². The molecule has 0 spiro atoms. The maximum absolute atomic E-state index is 13.2. The number of aryl methyl sites for hydroxylation is 2. The molecule has 1 aliphatic heterocycles. The van der Waals surface area contributed by atoms with Crippen LogP contribution in [0.2, 0.25) is 0 Å². The minimum atomic E-state index is -4.19. The van der Waals surface area contributed by atoms with Crippen molar-refractivity contribution >= 4 is 0 Å². The highest BCUT2D eigenvalue weighted by Crippen LogP contribution is 2.44. The van der Waals surface area contributed by atoms with Crippen molar-refractivity contribution in [2.75, 3.05) is 13.7 Å². The molecule has 2 atom stereocenters. The van der Waals surface area contributed by atoms with Crippen molar-refractivity contribution in [2.45, 2.75) is 38.9 Å². The van der Waals surface area contributed by atoms with Gasteiger partial charge >= 0.3 is 6.18 Å². The minimum Gasteiger partial charge on any atom is -0.496 e. The predicted octanol–water partition coefficient (Wildman–Crippen LogP) is 3.92. The maximum Gasteiger partial charge on any atom is 0.393 e. The second-order valence-corrected chi connectivity index (χ2v) is 5.42. The molecule has 0 saturated carbocycles.